The van der Waals surface area contributed by atoms with Gasteiger partial charge in [-0.25, -0.2) is 0 Å². The molecule has 7 heteroatoms. The summed E-state index contributed by atoms with van der Waals surface area (Å²) in [6, 6.07) is 8.69. The van der Waals surface area contributed by atoms with E-state index in [4.69, 9.17) is 0 Å². The molecule has 1 fully saturated rings. The molecular formula is C17H22N4OS2. The average molecular weight is 363 g/mol. The van der Waals surface area contributed by atoms with Crippen LogP contribution in [0.2, 0.25) is 0 Å². The molecule has 1 aliphatic rings. The zero-order valence-corrected chi connectivity index (χ0v) is 15.6. The van der Waals surface area contributed by atoms with Gasteiger partial charge in [-0.1, -0.05) is 29.5 Å². The van der Waals surface area contributed by atoms with Crippen LogP contribution in [0.5, 0.6) is 0 Å². The molecular weight excluding hydrogens is 340 g/mol. The fourth-order valence-electron chi connectivity index (χ4n) is 2.65. The van der Waals surface area contributed by atoms with Crippen molar-refractivity contribution >= 4 is 29.4 Å². The topological polar surface area (TPSA) is 51.0 Å². The molecule has 1 aromatic heterocycles. The van der Waals surface area contributed by atoms with E-state index in [-0.39, 0.29) is 5.91 Å². The first-order valence-corrected chi connectivity index (χ1v) is 9.96. The fourth-order valence-corrected chi connectivity index (χ4v) is 4.57. The molecule has 1 aromatic carbocycles. The van der Waals surface area contributed by atoms with Crippen molar-refractivity contribution in [2.45, 2.75) is 35.1 Å². The number of aromatic nitrogens is 3. The highest BCUT2D eigenvalue weighted by Crippen LogP contribution is 2.30. The van der Waals surface area contributed by atoms with Crippen molar-refractivity contribution in [1.82, 2.24) is 19.7 Å². The molecule has 0 unspecified atom stereocenters. The number of amides is 1. The van der Waals surface area contributed by atoms with Crippen LogP contribution in [-0.2, 0) is 11.8 Å². The summed E-state index contributed by atoms with van der Waals surface area (Å²) < 4.78 is 1.84. The molecule has 128 valence electrons. The number of carbonyl (C=O) groups excluding carboxylic acids is 1. The van der Waals surface area contributed by atoms with Gasteiger partial charge in [-0.3, -0.25) is 4.79 Å². The molecule has 1 aliphatic heterocycles. The van der Waals surface area contributed by atoms with Gasteiger partial charge in [-0.15, -0.1) is 22.0 Å². The number of hydrogen-bond acceptors (Lipinski definition) is 5. The van der Waals surface area contributed by atoms with Crippen molar-refractivity contribution in [3.8, 4) is 0 Å². The maximum Gasteiger partial charge on any atom is 0.233 e. The summed E-state index contributed by atoms with van der Waals surface area (Å²) in [4.78, 5) is 15.7. The van der Waals surface area contributed by atoms with Gasteiger partial charge in [0.15, 0.2) is 5.16 Å². The number of nitrogens with zero attached hydrogens (tertiary/aromatic N) is 4. The van der Waals surface area contributed by atoms with Crippen molar-refractivity contribution in [2.24, 2.45) is 7.05 Å². The van der Waals surface area contributed by atoms with Crippen LogP contribution in [0.3, 0.4) is 0 Å². The smallest absolute Gasteiger partial charge is 0.233 e. The van der Waals surface area contributed by atoms with E-state index in [0.717, 1.165) is 31.1 Å². The molecule has 24 heavy (non-hydrogen) atoms. The van der Waals surface area contributed by atoms with Gasteiger partial charge in [0.2, 0.25) is 5.91 Å². The van der Waals surface area contributed by atoms with Crippen molar-refractivity contribution in [1.29, 1.82) is 0 Å². The van der Waals surface area contributed by atoms with Gasteiger partial charge in [0.25, 0.3) is 0 Å². The largest absolute Gasteiger partial charge is 0.342 e. The van der Waals surface area contributed by atoms with Crippen molar-refractivity contribution in [3.05, 3.63) is 36.2 Å². The highest BCUT2D eigenvalue weighted by Gasteiger charge is 2.23. The number of piperidine rings is 1. The van der Waals surface area contributed by atoms with Crippen LogP contribution < -0.4 is 0 Å². The molecule has 0 bridgehead atoms. The Balaban J connectivity index is 1.43. The normalized spacial score (nSPS) is 15.7. The molecule has 0 saturated carbocycles. The van der Waals surface area contributed by atoms with Gasteiger partial charge in [-0.05, 0) is 31.9 Å². The molecule has 2 aromatic rings. The van der Waals surface area contributed by atoms with E-state index in [1.807, 2.05) is 28.3 Å². The summed E-state index contributed by atoms with van der Waals surface area (Å²) in [5, 5.41) is 9.22. The van der Waals surface area contributed by atoms with Crippen LogP contribution in [0.15, 0.2) is 40.6 Å². The van der Waals surface area contributed by atoms with Crippen LogP contribution in [0.4, 0.5) is 0 Å². The lowest BCUT2D eigenvalue weighted by Gasteiger charge is -2.31. The van der Waals surface area contributed by atoms with Gasteiger partial charge in [-0.2, -0.15) is 0 Å². The van der Waals surface area contributed by atoms with E-state index in [1.54, 1.807) is 6.33 Å². The molecule has 3 rings (SSSR count). The molecule has 5 nitrogen and oxygen atoms in total. The first-order chi connectivity index (χ1) is 11.6. The third kappa shape index (κ3) is 4.54. The highest BCUT2D eigenvalue weighted by atomic mass is 32.2. The highest BCUT2D eigenvalue weighted by molar-refractivity contribution is 8.00. The minimum atomic E-state index is 0.196. The molecule has 0 aliphatic carbocycles. The van der Waals surface area contributed by atoms with Crippen LogP contribution in [0.25, 0.3) is 0 Å². The Labute approximate surface area is 151 Å². The van der Waals surface area contributed by atoms with Gasteiger partial charge in [0.05, 0.1) is 5.75 Å². The quantitative estimate of drug-likeness (QED) is 0.766. The van der Waals surface area contributed by atoms with Crippen LogP contribution in [-0.4, -0.2) is 49.7 Å². The van der Waals surface area contributed by atoms with Crippen molar-refractivity contribution in [3.63, 3.8) is 0 Å². The molecule has 1 amide bonds. The first kappa shape index (κ1) is 17.4. The Kier molecular flexibility index (Phi) is 5.84. The van der Waals surface area contributed by atoms with Gasteiger partial charge in [0, 0.05) is 30.3 Å². The number of benzene rings is 1. The Hall–Kier alpha value is -1.47. The Bertz CT molecular complexity index is 678. The molecule has 0 radical (unpaired) electrons. The van der Waals surface area contributed by atoms with E-state index in [0.29, 0.717) is 11.0 Å². The zero-order valence-electron chi connectivity index (χ0n) is 14.0. The second-order valence-electron chi connectivity index (χ2n) is 6.02. The number of carbonyl (C=O) groups is 1. The molecule has 0 spiro atoms. The lowest BCUT2D eigenvalue weighted by molar-refractivity contribution is -0.129. The predicted molar refractivity (Wildman–Crippen MR) is 98.4 cm³/mol. The number of likely N-dealkylation sites (tertiary alicyclic amines) is 1. The summed E-state index contributed by atoms with van der Waals surface area (Å²) in [7, 11) is 1.89. The first-order valence-electron chi connectivity index (χ1n) is 8.10. The third-order valence-corrected chi connectivity index (χ3v) is 6.48. The Morgan fingerprint density at radius 1 is 1.25 bits per heavy atom. The minimum Gasteiger partial charge on any atom is -0.342 e. The third-order valence-electron chi connectivity index (χ3n) is 4.11. The minimum absolute atomic E-state index is 0.196. The lowest BCUT2D eigenvalue weighted by Crippen LogP contribution is -2.40. The van der Waals surface area contributed by atoms with E-state index in [9.17, 15) is 4.79 Å². The molecule has 0 N–H and O–H groups in total. The van der Waals surface area contributed by atoms with Crippen molar-refractivity contribution in [2.75, 3.05) is 18.8 Å². The van der Waals surface area contributed by atoms with Crippen molar-refractivity contribution < 1.29 is 4.79 Å². The number of thioether (sulfide) groups is 2. The zero-order chi connectivity index (χ0) is 16.9. The second-order valence-corrected chi connectivity index (χ2v) is 8.34. The van der Waals surface area contributed by atoms with Crippen LogP contribution in [0.1, 0.15) is 18.4 Å². The lowest BCUT2D eigenvalue weighted by atomic mass is 10.1. The SMILES string of the molecule is Cc1ccc(SC2CCN(C(=O)CSc3nncn3C)CC2)cc1. The molecule has 1 saturated heterocycles. The molecule has 2 heterocycles. The van der Waals surface area contributed by atoms with Crippen LogP contribution in [0, 0.1) is 6.92 Å². The van der Waals surface area contributed by atoms with Gasteiger partial charge in [0.1, 0.15) is 6.33 Å². The predicted octanol–water partition coefficient (Wildman–Crippen LogP) is 3.00. The Morgan fingerprint density at radius 3 is 2.58 bits per heavy atom. The fraction of sp³-hybridized carbons (Fsp3) is 0.471. The number of aryl methyl sites for hydroxylation is 2. The van der Waals surface area contributed by atoms with E-state index < -0.39 is 0 Å². The maximum atomic E-state index is 12.3. The van der Waals surface area contributed by atoms with E-state index in [2.05, 4.69) is 41.4 Å². The number of rotatable bonds is 5. The Morgan fingerprint density at radius 2 is 1.96 bits per heavy atom. The summed E-state index contributed by atoms with van der Waals surface area (Å²) in [5.41, 5.74) is 1.29. The second kappa shape index (κ2) is 8.07. The summed E-state index contributed by atoms with van der Waals surface area (Å²) in [6.45, 7) is 3.81. The van der Waals surface area contributed by atoms with Crippen LogP contribution >= 0.6 is 23.5 Å². The maximum absolute atomic E-state index is 12.3. The summed E-state index contributed by atoms with van der Waals surface area (Å²) in [6.07, 6.45) is 3.76. The standard InChI is InChI=1S/C17H22N4OS2/c1-13-3-5-14(6-4-13)24-15-7-9-21(10-8-15)16(22)11-23-17-19-18-12-20(17)2/h3-6,12,15H,7-11H2,1-2H3. The van der Waals surface area contributed by atoms with Gasteiger partial charge < -0.3 is 9.47 Å². The van der Waals surface area contributed by atoms with E-state index in [1.165, 1.54) is 22.2 Å². The summed E-state index contributed by atoms with van der Waals surface area (Å²) >= 11 is 3.39. The average Bonchev–Trinajstić information content (AvgIpc) is 3.00. The summed E-state index contributed by atoms with van der Waals surface area (Å²) in [5.74, 6) is 0.629. The van der Waals surface area contributed by atoms with Gasteiger partial charge >= 0.3 is 0 Å². The monoisotopic (exact) mass is 362 g/mol. The molecule has 0 atom stereocenters. The number of hydrogen-bond donors (Lipinski definition) is 0. The van der Waals surface area contributed by atoms with E-state index >= 15 is 0 Å².